The van der Waals surface area contributed by atoms with Crippen LogP contribution < -0.4 is 10.6 Å². The van der Waals surface area contributed by atoms with Gasteiger partial charge in [0.05, 0.1) is 0 Å². The fraction of sp³-hybridized carbons (Fsp3) is 0.238. The van der Waals surface area contributed by atoms with Gasteiger partial charge in [0.1, 0.15) is 0 Å². The van der Waals surface area contributed by atoms with Gasteiger partial charge in [-0.2, -0.15) is 0 Å². The van der Waals surface area contributed by atoms with Crippen LogP contribution in [0, 0.1) is 5.92 Å². The molecule has 0 heterocycles. The Morgan fingerprint density at radius 1 is 0.826 bits per heavy atom. The van der Waals surface area contributed by atoms with Gasteiger partial charge in [0, 0.05) is 18.1 Å². The summed E-state index contributed by atoms with van der Waals surface area (Å²) in [5, 5.41) is 2.93. The third kappa shape index (κ3) is 3.99. The van der Waals surface area contributed by atoms with Crippen molar-refractivity contribution >= 4 is 18.5 Å². The summed E-state index contributed by atoms with van der Waals surface area (Å²) in [7, 11) is 3.96. The normalized spacial score (nSPS) is 15.7. The molecule has 1 unspecified atom stereocenters. The van der Waals surface area contributed by atoms with E-state index in [4.69, 9.17) is 0 Å². The lowest BCUT2D eigenvalue weighted by Gasteiger charge is -2.33. The molecule has 0 N–H and O–H groups in total. The quantitative estimate of drug-likeness (QED) is 0.732. The van der Waals surface area contributed by atoms with Crippen molar-refractivity contribution in [1.29, 1.82) is 0 Å². The molecule has 0 aromatic heterocycles. The Bertz CT molecular complexity index is 609. The van der Waals surface area contributed by atoms with Gasteiger partial charge in [-0.3, -0.25) is 0 Å². The van der Waals surface area contributed by atoms with E-state index in [1.807, 2.05) is 0 Å². The first kappa shape index (κ1) is 16.2. The summed E-state index contributed by atoms with van der Waals surface area (Å²) in [5.74, 6) is 0.518. The van der Waals surface area contributed by atoms with Crippen LogP contribution in [0.15, 0.2) is 85.0 Å². The third-order valence-corrected chi connectivity index (χ3v) is 7.05. The number of hydrogen-bond acceptors (Lipinski definition) is 1. The van der Waals surface area contributed by atoms with Crippen LogP contribution in [-0.4, -0.2) is 31.2 Å². The minimum Gasteiger partial charge on any atom is -0.309 e. The molecule has 0 aliphatic heterocycles. The van der Waals surface area contributed by atoms with E-state index in [9.17, 15) is 0 Å². The van der Waals surface area contributed by atoms with Gasteiger partial charge in [-0.15, -0.1) is 0 Å². The van der Waals surface area contributed by atoms with E-state index in [1.54, 1.807) is 0 Å². The third-order valence-electron chi connectivity index (χ3n) is 4.17. The molecule has 1 aliphatic carbocycles. The molecule has 118 valence electrons. The fourth-order valence-electron chi connectivity index (χ4n) is 3.16. The highest BCUT2D eigenvalue weighted by molar-refractivity contribution is 7.73. The van der Waals surface area contributed by atoms with Crippen LogP contribution in [-0.2, 0) is 0 Å². The van der Waals surface area contributed by atoms with Gasteiger partial charge >= 0.3 is 0 Å². The molecule has 0 radical (unpaired) electrons. The monoisotopic (exact) mass is 321 g/mol. The summed E-state index contributed by atoms with van der Waals surface area (Å²) in [5.41, 5.74) is 0.583. The minimum absolute atomic E-state index is 0.402. The van der Waals surface area contributed by atoms with Crippen molar-refractivity contribution in [2.75, 3.05) is 20.6 Å². The second kappa shape index (κ2) is 7.73. The zero-order chi connectivity index (χ0) is 16.1. The van der Waals surface area contributed by atoms with Gasteiger partial charge in [0.15, 0.2) is 0 Å². The van der Waals surface area contributed by atoms with Gasteiger partial charge in [0.25, 0.3) is 0 Å². The van der Waals surface area contributed by atoms with Crippen molar-refractivity contribution in [3.63, 3.8) is 0 Å². The summed E-state index contributed by atoms with van der Waals surface area (Å²) in [6.07, 6.45) is 9.10. The molecular formula is C21H24NP. The Hall–Kier alpha value is -1.69. The molecule has 0 spiro atoms. The zero-order valence-electron chi connectivity index (χ0n) is 13.8. The van der Waals surface area contributed by atoms with Crippen molar-refractivity contribution < 1.29 is 0 Å². The highest BCUT2D eigenvalue weighted by Gasteiger charge is 2.30. The first-order valence-corrected chi connectivity index (χ1v) is 9.56. The summed E-state index contributed by atoms with van der Waals surface area (Å²) < 4.78 is 0. The molecule has 1 atom stereocenters. The standard InChI is InChI=1S/C21H24NP/c1-22(2)17-21(18-11-9-10-12-18)23(19-13-5-3-6-14-19)20-15-7-4-8-16-20/h3-16,18,21H,17H2,1-2H3. The predicted octanol–water partition coefficient (Wildman–Crippen LogP) is 3.79. The Balaban J connectivity index is 2.04. The van der Waals surface area contributed by atoms with Gasteiger partial charge in [-0.1, -0.05) is 85.0 Å². The Morgan fingerprint density at radius 2 is 1.30 bits per heavy atom. The molecule has 0 saturated carbocycles. The Labute approximate surface area is 141 Å². The maximum atomic E-state index is 2.36. The van der Waals surface area contributed by atoms with Crippen LogP contribution in [0.5, 0.6) is 0 Å². The smallest absolute Gasteiger partial charge is 0.00965 e. The lowest BCUT2D eigenvalue weighted by Crippen LogP contribution is -2.34. The number of allylic oxidation sites excluding steroid dienone is 4. The van der Waals surface area contributed by atoms with Crippen LogP contribution in [0.3, 0.4) is 0 Å². The van der Waals surface area contributed by atoms with E-state index in [1.165, 1.54) is 10.6 Å². The fourth-order valence-corrected chi connectivity index (χ4v) is 6.25. The average Bonchev–Trinajstić information content (AvgIpc) is 3.10. The SMILES string of the molecule is CN(C)CC(C1C=CC=C1)P(c1ccccc1)c1ccccc1. The topological polar surface area (TPSA) is 3.24 Å². The molecule has 2 heteroatoms. The van der Waals surface area contributed by atoms with Gasteiger partial charge in [0.2, 0.25) is 0 Å². The molecule has 0 bridgehead atoms. The van der Waals surface area contributed by atoms with Gasteiger partial charge in [-0.25, -0.2) is 0 Å². The highest BCUT2D eigenvalue weighted by atomic mass is 31.1. The van der Waals surface area contributed by atoms with Crippen LogP contribution in [0.4, 0.5) is 0 Å². The van der Waals surface area contributed by atoms with Crippen LogP contribution >= 0.6 is 7.92 Å². The molecular weight excluding hydrogens is 297 g/mol. The first-order valence-electron chi connectivity index (χ1n) is 8.15. The van der Waals surface area contributed by atoms with Crippen molar-refractivity contribution in [3.8, 4) is 0 Å². The van der Waals surface area contributed by atoms with Gasteiger partial charge in [-0.05, 0) is 32.6 Å². The Kier molecular flexibility index (Phi) is 5.43. The molecule has 2 aromatic rings. The van der Waals surface area contributed by atoms with Crippen molar-refractivity contribution in [3.05, 3.63) is 85.0 Å². The maximum absolute atomic E-state index is 2.36. The highest BCUT2D eigenvalue weighted by Crippen LogP contribution is 2.44. The number of nitrogens with zero attached hydrogens (tertiary/aromatic N) is 1. The zero-order valence-corrected chi connectivity index (χ0v) is 14.7. The molecule has 1 aliphatic rings. The van der Waals surface area contributed by atoms with E-state index in [2.05, 4.69) is 104 Å². The predicted molar refractivity (Wildman–Crippen MR) is 103 cm³/mol. The summed E-state index contributed by atoms with van der Waals surface area (Å²) in [6, 6.07) is 22.1. The molecule has 1 nitrogen and oxygen atoms in total. The lowest BCUT2D eigenvalue weighted by atomic mass is 10.1. The van der Waals surface area contributed by atoms with Gasteiger partial charge < -0.3 is 4.90 Å². The second-order valence-electron chi connectivity index (χ2n) is 6.22. The van der Waals surface area contributed by atoms with E-state index < -0.39 is 7.92 Å². The maximum Gasteiger partial charge on any atom is 0.00965 e. The molecule has 2 aromatic carbocycles. The van der Waals surface area contributed by atoms with Crippen LogP contribution in [0.1, 0.15) is 0 Å². The number of rotatable bonds is 6. The van der Waals surface area contributed by atoms with Crippen molar-refractivity contribution in [2.45, 2.75) is 5.66 Å². The van der Waals surface area contributed by atoms with Crippen molar-refractivity contribution in [2.24, 2.45) is 5.92 Å². The van der Waals surface area contributed by atoms with E-state index >= 15 is 0 Å². The molecule has 0 amide bonds. The number of hydrogen-bond donors (Lipinski definition) is 0. The largest absolute Gasteiger partial charge is 0.309 e. The minimum atomic E-state index is -0.402. The van der Waals surface area contributed by atoms with E-state index in [-0.39, 0.29) is 0 Å². The van der Waals surface area contributed by atoms with Crippen molar-refractivity contribution in [1.82, 2.24) is 4.90 Å². The molecule has 23 heavy (non-hydrogen) atoms. The average molecular weight is 321 g/mol. The molecule has 0 fully saturated rings. The first-order chi connectivity index (χ1) is 11.3. The number of benzene rings is 2. The van der Waals surface area contributed by atoms with Crippen LogP contribution in [0.2, 0.25) is 0 Å². The van der Waals surface area contributed by atoms with E-state index in [0.717, 1.165) is 6.54 Å². The summed E-state index contributed by atoms with van der Waals surface area (Å²) in [6.45, 7) is 1.09. The summed E-state index contributed by atoms with van der Waals surface area (Å²) in [4.78, 5) is 2.33. The lowest BCUT2D eigenvalue weighted by molar-refractivity contribution is 0.393. The van der Waals surface area contributed by atoms with Crippen LogP contribution in [0.25, 0.3) is 0 Å². The summed E-state index contributed by atoms with van der Waals surface area (Å²) >= 11 is 0. The second-order valence-corrected chi connectivity index (χ2v) is 8.65. The molecule has 0 saturated heterocycles. The molecule has 3 rings (SSSR count). The van der Waals surface area contributed by atoms with E-state index in [0.29, 0.717) is 11.6 Å². The Morgan fingerprint density at radius 3 is 1.74 bits per heavy atom.